The summed E-state index contributed by atoms with van der Waals surface area (Å²) in [7, 11) is 1.58. The highest BCUT2D eigenvalue weighted by Crippen LogP contribution is 2.22. The quantitative estimate of drug-likeness (QED) is 0.573. The number of rotatable bonds is 7. The van der Waals surface area contributed by atoms with E-state index in [0.29, 0.717) is 11.3 Å². The normalized spacial score (nSPS) is 10.4. The van der Waals surface area contributed by atoms with Crippen molar-refractivity contribution in [3.63, 3.8) is 0 Å². The molecule has 0 unspecified atom stereocenters. The lowest BCUT2D eigenvalue weighted by Crippen LogP contribution is -2.11. The lowest BCUT2D eigenvalue weighted by atomic mass is 10.2. The fourth-order valence-electron chi connectivity index (χ4n) is 2.66. The molecule has 0 aromatic heterocycles. The van der Waals surface area contributed by atoms with Crippen LogP contribution in [-0.2, 0) is 0 Å². The molecule has 3 rings (SSSR count). The number of hydrogen-bond donors (Lipinski definition) is 2. The Kier molecular flexibility index (Phi) is 6.17. The zero-order chi connectivity index (χ0) is 19.9. The number of methoxy groups -OCH3 is 1. The molecule has 3 aromatic carbocycles. The van der Waals surface area contributed by atoms with Crippen LogP contribution in [0.25, 0.3) is 0 Å². The van der Waals surface area contributed by atoms with Crippen LogP contribution in [0.1, 0.15) is 24.2 Å². The van der Waals surface area contributed by atoms with Crippen molar-refractivity contribution in [1.82, 2.24) is 0 Å². The summed E-state index contributed by atoms with van der Waals surface area (Å²) in [5.74, 6) is 1.31. The maximum Gasteiger partial charge on any atom is 0.255 e. The van der Waals surface area contributed by atoms with Gasteiger partial charge in [-0.2, -0.15) is 0 Å². The van der Waals surface area contributed by atoms with Gasteiger partial charge in [0.05, 0.1) is 13.2 Å². The molecular weight excluding hydrogens is 352 g/mol. The molecule has 1 amide bonds. The third-order valence-electron chi connectivity index (χ3n) is 3.99. The van der Waals surface area contributed by atoms with Gasteiger partial charge < -0.3 is 20.1 Å². The second-order valence-electron chi connectivity index (χ2n) is 6.58. The van der Waals surface area contributed by atoms with Crippen LogP contribution in [0, 0.1) is 0 Å². The van der Waals surface area contributed by atoms with Gasteiger partial charge in [-0.15, -0.1) is 0 Å². The third kappa shape index (κ3) is 5.27. The van der Waals surface area contributed by atoms with E-state index < -0.39 is 0 Å². The predicted octanol–water partition coefficient (Wildman–Crippen LogP) is 5.48. The van der Waals surface area contributed by atoms with Crippen LogP contribution in [0.2, 0.25) is 0 Å². The Labute approximate surface area is 165 Å². The molecule has 28 heavy (non-hydrogen) atoms. The smallest absolute Gasteiger partial charge is 0.255 e. The lowest BCUT2D eigenvalue weighted by Gasteiger charge is -2.12. The molecule has 0 heterocycles. The molecule has 5 nitrogen and oxygen atoms in total. The molecule has 0 aliphatic heterocycles. The van der Waals surface area contributed by atoms with E-state index in [1.165, 1.54) is 0 Å². The minimum absolute atomic E-state index is 0.151. The highest BCUT2D eigenvalue weighted by molar-refractivity contribution is 6.04. The van der Waals surface area contributed by atoms with E-state index in [-0.39, 0.29) is 12.0 Å². The van der Waals surface area contributed by atoms with Crippen molar-refractivity contribution in [1.29, 1.82) is 0 Å². The number of carbonyl (C=O) groups excluding carboxylic acids is 1. The molecule has 2 N–H and O–H groups in total. The first-order valence-corrected chi connectivity index (χ1v) is 9.13. The Morgan fingerprint density at radius 2 is 1.43 bits per heavy atom. The maximum atomic E-state index is 12.4. The van der Waals surface area contributed by atoms with Gasteiger partial charge in [-0.3, -0.25) is 4.79 Å². The molecule has 3 aromatic rings. The maximum absolute atomic E-state index is 12.4. The molecule has 0 atom stereocenters. The van der Waals surface area contributed by atoms with Crippen molar-refractivity contribution >= 4 is 23.0 Å². The molecule has 0 bridgehead atoms. The van der Waals surface area contributed by atoms with Gasteiger partial charge in [-0.1, -0.05) is 6.07 Å². The molecule has 144 valence electrons. The second-order valence-corrected chi connectivity index (χ2v) is 6.58. The van der Waals surface area contributed by atoms with Crippen molar-refractivity contribution in [2.45, 2.75) is 20.0 Å². The highest BCUT2D eigenvalue weighted by atomic mass is 16.5. The van der Waals surface area contributed by atoms with Crippen LogP contribution in [0.4, 0.5) is 17.1 Å². The number of benzene rings is 3. The SMILES string of the molecule is COc1cccc(C(=O)Nc2ccc(Nc3ccc(OC(C)C)cc3)cc2)c1. The van der Waals surface area contributed by atoms with Crippen molar-refractivity contribution in [2.75, 3.05) is 17.7 Å². The number of ether oxygens (including phenoxy) is 2. The van der Waals surface area contributed by atoms with Gasteiger partial charge in [-0.25, -0.2) is 0 Å². The minimum atomic E-state index is -0.180. The molecular formula is C23H24N2O3. The van der Waals surface area contributed by atoms with Crippen molar-refractivity contribution in [3.05, 3.63) is 78.4 Å². The van der Waals surface area contributed by atoms with E-state index in [4.69, 9.17) is 9.47 Å². The number of amides is 1. The van der Waals surface area contributed by atoms with Gasteiger partial charge in [0.15, 0.2) is 0 Å². The number of anilines is 3. The number of nitrogens with one attached hydrogen (secondary N) is 2. The van der Waals surface area contributed by atoms with Crippen molar-refractivity contribution < 1.29 is 14.3 Å². The lowest BCUT2D eigenvalue weighted by molar-refractivity contribution is 0.102. The monoisotopic (exact) mass is 376 g/mol. The minimum Gasteiger partial charge on any atom is -0.497 e. The summed E-state index contributed by atoms with van der Waals surface area (Å²) >= 11 is 0. The topological polar surface area (TPSA) is 59.6 Å². The van der Waals surface area contributed by atoms with E-state index >= 15 is 0 Å². The Bertz CT molecular complexity index is 919. The average Bonchev–Trinajstić information content (AvgIpc) is 2.70. The standard InChI is InChI=1S/C23H24N2O3/c1-16(2)28-21-13-11-19(12-14-21)24-18-7-9-20(10-8-18)25-23(26)17-5-4-6-22(15-17)27-3/h4-16,24H,1-3H3,(H,25,26). The van der Waals surface area contributed by atoms with Gasteiger partial charge in [0.25, 0.3) is 5.91 Å². The van der Waals surface area contributed by atoms with Crippen LogP contribution < -0.4 is 20.1 Å². The van der Waals surface area contributed by atoms with Crippen molar-refractivity contribution in [2.24, 2.45) is 0 Å². The Morgan fingerprint density at radius 1 is 0.821 bits per heavy atom. The fourth-order valence-corrected chi connectivity index (χ4v) is 2.66. The fraction of sp³-hybridized carbons (Fsp3) is 0.174. The third-order valence-corrected chi connectivity index (χ3v) is 3.99. The summed E-state index contributed by atoms with van der Waals surface area (Å²) in [5, 5.41) is 6.21. The largest absolute Gasteiger partial charge is 0.497 e. The summed E-state index contributed by atoms with van der Waals surface area (Å²) < 4.78 is 10.8. The molecule has 0 spiro atoms. The Hall–Kier alpha value is -3.47. The predicted molar refractivity (Wildman–Crippen MR) is 113 cm³/mol. The van der Waals surface area contributed by atoms with E-state index in [0.717, 1.165) is 22.8 Å². The first kappa shape index (κ1) is 19.3. The van der Waals surface area contributed by atoms with E-state index in [1.807, 2.05) is 62.4 Å². The first-order chi connectivity index (χ1) is 13.5. The zero-order valence-electron chi connectivity index (χ0n) is 16.2. The molecule has 0 saturated carbocycles. The van der Waals surface area contributed by atoms with Crippen LogP contribution in [-0.4, -0.2) is 19.1 Å². The number of hydrogen-bond acceptors (Lipinski definition) is 4. The molecule has 0 saturated heterocycles. The van der Waals surface area contributed by atoms with Crippen LogP contribution >= 0.6 is 0 Å². The van der Waals surface area contributed by atoms with Crippen LogP contribution in [0.15, 0.2) is 72.8 Å². The molecule has 0 radical (unpaired) electrons. The Balaban J connectivity index is 1.60. The van der Waals surface area contributed by atoms with Crippen LogP contribution in [0.5, 0.6) is 11.5 Å². The average molecular weight is 376 g/mol. The van der Waals surface area contributed by atoms with E-state index in [9.17, 15) is 4.79 Å². The number of carbonyl (C=O) groups is 1. The summed E-state index contributed by atoms with van der Waals surface area (Å²) in [6.45, 7) is 4.00. The molecule has 0 fully saturated rings. The summed E-state index contributed by atoms with van der Waals surface area (Å²) in [6, 6.07) is 22.4. The van der Waals surface area contributed by atoms with Gasteiger partial charge in [-0.05, 0) is 80.6 Å². The summed E-state index contributed by atoms with van der Waals surface area (Å²) in [4.78, 5) is 12.4. The van der Waals surface area contributed by atoms with Crippen molar-refractivity contribution in [3.8, 4) is 11.5 Å². The van der Waals surface area contributed by atoms with Gasteiger partial charge >= 0.3 is 0 Å². The van der Waals surface area contributed by atoms with Gasteiger partial charge in [0.1, 0.15) is 11.5 Å². The summed E-state index contributed by atoms with van der Waals surface area (Å²) in [6.07, 6.45) is 0.151. The Morgan fingerprint density at radius 3 is 2.04 bits per heavy atom. The summed E-state index contributed by atoms with van der Waals surface area (Å²) in [5.41, 5.74) is 3.16. The molecule has 0 aliphatic carbocycles. The van der Waals surface area contributed by atoms with Gasteiger partial charge in [0, 0.05) is 22.6 Å². The van der Waals surface area contributed by atoms with E-state index in [2.05, 4.69) is 10.6 Å². The highest BCUT2D eigenvalue weighted by Gasteiger charge is 2.07. The zero-order valence-corrected chi connectivity index (χ0v) is 16.2. The second kappa shape index (κ2) is 8.95. The molecule has 0 aliphatic rings. The molecule has 5 heteroatoms. The van der Waals surface area contributed by atoms with E-state index in [1.54, 1.807) is 31.4 Å². The van der Waals surface area contributed by atoms with Gasteiger partial charge in [0.2, 0.25) is 0 Å². The van der Waals surface area contributed by atoms with Crippen LogP contribution in [0.3, 0.4) is 0 Å². The first-order valence-electron chi connectivity index (χ1n) is 9.13.